The van der Waals surface area contributed by atoms with Crippen LogP contribution in [0, 0.1) is 6.92 Å². The Bertz CT molecular complexity index is 546. The maximum Gasteiger partial charge on any atom is 0.198 e. The molecule has 1 aromatic carbocycles. The van der Waals surface area contributed by atoms with Crippen LogP contribution in [-0.4, -0.2) is 17.9 Å². The van der Waals surface area contributed by atoms with Crippen LogP contribution in [0.2, 0.25) is 5.02 Å². The van der Waals surface area contributed by atoms with Crippen LogP contribution >= 0.6 is 11.6 Å². The number of hydrogen-bond donors (Lipinski definition) is 1. The molecule has 0 aliphatic carbocycles. The summed E-state index contributed by atoms with van der Waals surface area (Å²) >= 11 is 6.01. The lowest BCUT2D eigenvalue weighted by atomic mass is 9.90. The van der Waals surface area contributed by atoms with Crippen molar-refractivity contribution in [2.75, 3.05) is 0 Å². The third-order valence-corrected chi connectivity index (χ3v) is 2.68. The average Bonchev–Trinajstić information content (AvgIpc) is 2.34. The molecule has 1 N–H and O–H groups in total. The third-order valence-electron chi connectivity index (χ3n) is 2.38. The minimum Gasteiger partial charge on any atom is -0.465 e. The minimum absolute atomic E-state index is 0.210. The molecule has 2 radical (unpaired) electrons. The predicted octanol–water partition coefficient (Wildman–Crippen LogP) is 2.39. The van der Waals surface area contributed by atoms with Crippen LogP contribution in [0.3, 0.4) is 0 Å². The van der Waals surface area contributed by atoms with Crippen LogP contribution in [0.4, 0.5) is 0 Å². The molecule has 1 heterocycles. The van der Waals surface area contributed by atoms with Crippen molar-refractivity contribution in [1.29, 1.82) is 0 Å². The fourth-order valence-corrected chi connectivity index (χ4v) is 1.76. The number of benzene rings is 1. The number of aryl methyl sites for hydroxylation is 1. The summed E-state index contributed by atoms with van der Waals surface area (Å²) in [5.41, 5.74) is -0.812. The van der Waals surface area contributed by atoms with Crippen molar-refractivity contribution < 1.29 is 9.84 Å². The molecular formula is C13H11BClNO2. The van der Waals surface area contributed by atoms with Crippen LogP contribution in [-0.2, 0) is 5.69 Å². The van der Waals surface area contributed by atoms with Crippen LogP contribution < -0.4 is 4.74 Å². The Kier molecular flexibility index (Phi) is 3.59. The van der Waals surface area contributed by atoms with E-state index in [1.54, 1.807) is 30.3 Å². The van der Waals surface area contributed by atoms with E-state index in [1.165, 1.54) is 6.20 Å². The van der Waals surface area contributed by atoms with Gasteiger partial charge in [-0.3, -0.25) is 4.98 Å². The van der Waals surface area contributed by atoms with Gasteiger partial charge >= 0.3 is 0 Å². The Labute approximate surface area is 112 Å². The molecule has 0 aliphatic rings. The molecule has 18 heavy (non-hydrogen) atoms. The van der Waals surface area contributed by atoms with E-state index in [9.17, 15) is 5.11 Å². The van der Waals surface area contributed by atoms with Crippen molar-refractivity contribution in [2.24, 2.45) is 0 Å². The first kappa shape index (κ1) is 12.9. The second-order valence-electron chi connectivity index (χ2n) is 3.95. The second-order valence-corrected chi connectivity index (χ2v) is 4.35. The highest BCUT2D eigenvalue weighted by molar-refractivity contribution is 6.32. The molecule has 1 atom stereocenters. The van der Waals surface area contributed by atoms with Gasteiger partial charge in [-0.1, -0.05) is 23.7 Å². The van der Waals surface area contributed by atoms with Gasteiger partial charge in [-0.25, -0.2) is 0 Å². The molecule has 0 spiro atoms. The highest BCUT2D eigenvalue weighted by atomic mass is 35.5. The number of halogens is 1. The van der Waals surface area contributed by atoms with Gasteiger partial charge in [-0.2, -0.15) is 0 Å². The molecule has 90 valence electrons. The Morgan fingerprint density at radius 3 is 2.72 bits per heavy atom. The molecule has 0 bridgehead atoms. The van der Waals surface area contributed by atoms with Gasteiger partial charge in [0.15, 0.2) is 13.5 Å². The average molecular weight is 260 g/mol. The highest BCUT2D eigenvalue weighted by Crippen LogP contribution is 2.29. The number of nitrogens with zero attached hydrogens (tertiary/aromatic N) is 1. The lowest BCUT2D eigenvalue weighted by Gasteiger charge is -2.25. The highest BCUT2D eigenvalue weighted by Gasteiger charge is 2.26. The van der Waals surface area contributed by atoms with E-state index in [2.05, 4.69) is 4.98 Å². The summed E-state index contributed by atoms with van der Waals surface area (Å²) in [4.78, 5) is 3.95. The largest absolute Gasteiger partial charge is 0.465 e. The number of pyridine rings is 1. The number of ether oxygens (including phenoxy) is 1. The first-order valence-corrected chi connectivity index (χ1v) is 5.75. The van der Waals surface area contributed by atoms with E-state index < -0.39 is 5.69 Å². The summed E-state index contributed by atoms with van der Waals surface area (Å²) < 4.78 is 5.31. The first-order chi connectivity index (χ1) is 8.49. The zero-order chi connectivity index (χ0) is 13.2. The summed E-state index contributed by atoms with van der Waals surface area (Å²) in [7, 11) is 5.69. The van der Waals surface area contributed by atoms with Gasteiger partial charge in [-0.05, 0) is 36.8 Å². The molecule has 0 aliphatic heterocycles. The summed E-state index contributed by atoms with van der Waals surface area (Å²) in [5.74, 6) is 0.304. The van der Waals surface area contributed by atoms with Gasteiger partial charge in [0.25, 0.3) is 0 Å². The fourth-order valence-electron chi connectivity index (χ4n) is 1.48. The van der Waals surface area contributed by atoms with Crippen molar-refractivity contribution in [3.63, 3.8) is 0 Å². The van der Waals surface area contributed by atoms with E-state index in [0.717, 1.165) is 5.56 Å². The fraction of sp³-hybridized carbons (Fsp3) is 0.154. The number of aromatic nitrogens is 1. The molecule has 0 saturated heterocycles. The molecule has 0 saturated carbocycles. The summed E-state index contributed by atoms with van der Waals surface area (Å²) in [6.07, 6.45) is 1.52. The topological polar surface area (TPSA) is 42.4 Å². The smallest absolute Gasteiger partial charge is 0.198 e. The van der Waals surface area contributed by atoms with Gasteiger partial charge in [0.2, 0.25) is 0 Å². The Hall–Kier alpha value is -1.52. The van der Waals surface area contributed by atoms with E-state index in [4.69, 9.17) is 24.2 Å². The number of aliphatic hydroxyl groups is 1. The normalized spacial score (nSPS) is 13.9. The van der Waals surface area contributed by atoms with Crippen LogP contribution in [0.15, 0.2) is 42.6 Å². The molecule has 5 heteroatoms. The lowest BCUT2D eigenvalue weighted by molar-refractivity contribution is -0.0708. The lowest BCUT2D eigenvalue weighted by Crippen LogP contribution is -2.34. The molecule has 0 amide bonds. The molecular weight excluding hydrogens is 248 g/mol. The molecule has 3 nitrogen and oxygen atoms in total. The van der Waals surface area contributed by atoms with E-state index in [0.29, 0.717) is 10.8 Å². The first-order valence-electron chi connectivity index (χ1n) is 5.37. The number of rotatable bonds is 3. The summed E-state index contributed by atoms with van der Waals surface area (Å²) in [6, 6.07) is 10.2. The maximum atomic E-state index is 10.1. The van der Waals surface area contributed by atoms with Crippen LogP contribution in [0.5, 0.6) is 5.75 Å². The van der Waals surface area contributed by atoms with Crippen molar-refractivity contribution in [2.45, 2.75) is 12.6 Å². The molecule has 2 rings (SSSR count). The van der Waals surface area contributed by atoms with Crippen molar-refractivity contribution >= 4 is 19.4 Å². The standard InChI is InChI=1S/C13H11BClNO2/c1-9-5-6-11(10(15)8-9)18-13(14,17)12-4-2-3-7-16-12/h2-8,17H,1H3. The van der Waals surface area contributed by atoms with Crippen molar-refractivity contribution in [1.82, 2.24) is 4.98 Å². The zero-order valence-electron chi connectivity index (χ0n) is 9.80. The van der Waals surface area contributed by atoms with Gasteiger partial charge in [0.1, 0.15) is 5.75 Å². The van der Waals surface area contributed by atoms with Gasteiger partial charge in [0.05, 0.1) is 10.7 Å². The van der Waals surface area contributed by atoms with Crippen molar-refractivity contribution in [3.05, 3.63) is 58.9 Å². The third kappa shape index (κ3) is 2.83. The zero-order valence-corrected chi connectivity index (χ0v) is 10.6. The molecule has 2 aromatic rings. The minimum atomic E-state index is -2.01. The molecule has 1 unspecified atom stereocenters. The Morgan fingerprint density at radius 1 is 1.33 bits per heavy atom. The monoisotopic (exact) mass is 259 g/mol. The van der Waals surface area contributed by atoms with Crippen molar-refractivity contribution in [3.8, 4) is 5.75 Å². The second kappa shape index (κ2) is 5.00. The van der Waals surface area contributed by atoms with Gasteiger partial charge in [-0.15, -0.1) is 0 Å². The number of hydrogen-bond acceptors (Lipinski definition) is 3. The van der Waals surface area contributed by atoms with E-state index in [1.807, 2.05) is 13.0 Å². The SMILES string of the molecule is [B]C(O)(Oc1ccc(C)cc1Cl)c1ccccn1. The molecule has 1 aromatic heterocycles. The quantitative estimate of drug-likeness (QED) is 0.680. The Balaban J connectivity index is 2.28. The summed E-state index contributed by atoms with van der Waals surface area (Å²) in [6.45, 7) is 1.91. The Morgan fingerprint density at radius 2 is 2.11 bits per heavy atom. The van der Waals surface area contributed by atoms with E-state index in [-0.39, 0.29) is 5.69 Å². The van der Waals surface area contributed by atoms with Crippen LogP contribution in [0.25, 0.3) is 0 Å². The van der Waals surface area contributed by atoms with Gasteiger partial charge in [0, 0.05) is 6.20 Å². The summed E-state index contributed by atoms with van der Waals surface area (Å²) in [5, 5.41) is 10.5. The van der Waals surface area contributed by atoms with E-state index >= 15 is 0 Å². The van der Waals surface area contributed by atoms with Gasteiger partial charge < -0.3 is 9.84 Å². The van der Waals surface area contributed by atoms with Crippen LogP contribution in [0.1, 0.15) is 11.3 Å². The predicted molar refractivity (Wildman–Crippen MR) is 70.7 cm³/mol. The molecule has 0 fully saturated rings. The maximum absolute atomic E-state index is 10.1.